The fourth-order valence-corrected chi connectivity index (χ4v) is 3.17. The van der Waals surface area contributed by atoms with Crippen LogP contribution in [0.15, 0.2) is 36.2 Å². The van der Waals surface area contributed by atoms with Gasteiger partial charge in [0.1, 0.15) is 18.2 Å². The van der Waals surface area contributed by atoms with E-state index in [1.165, 1.54) is 0 Å². The van der Waals surface area contributed by atoms with Gasteiger partial charge in [-0.3, -0.25) is 14.7 Å². The van der Waals surface area contributed by atoms with Gasteiger partial charge in [-0.25, -0.2) is 0 Å². The molecule has 0 unspecified atom stereocenters. The molecule has 0 fully saturated rings. The number of carbonyl (C=O) groups excluding carboxylic acids is 1. The molecule has 0 N–H and O–H groups in total. The lowest BCUT2D eigenvalue weighted by atomic mass is 9.98. The Balaban J connectivity index is 1.77. The molecule has 1 aromatic carbocycles. The minimum absolute atomic E-state index is 0.0948. The molecule has 5 heteroatoms. The third kappa shape index (κ3) is 2.70. The summed E-state index contributed by atoms with van der Waals surface area (Å²) in [7, 11) is 0. The van der Waals surface area contributed by atoms with Crippen molar-refractivity contribution in [1.82, 2.24) is 9.88 Å². The highest BCUT2D eigenvalue weighted by Gasteiger charge is 2.35. The number of aryl methyl sites for hydroxylation is 1. The SMILES string of the molecule is Cc1cc2c(c3c1C(=O)/C(=C/c1ccccn1)O3)CN(C(C)C)CO2. The molecule has 2 aliphatic heterocycles. The number of hydrogen-bond donors (Lipinski definition) is 0. The first-order valence-electron chi connectivity index (χ1n) is 8.43. The van der Waals surface area contributed by atoms with Gasteiger partial charge in [-0.05, 0) is 44.5 Å². The normalized spacial score (nSPS) is 18.1. The van der Waals surface area contributed by atoms with Crippen molar-refractivity contribution in [2.75, 3.05) is 6.73 Å². The van der Waals surface area contributed by atoms with Gasteiger partial charge in [0.2, 0.25) is 5.78 Å². The number of aromatic nitrogens is 1. The fourth-order valence-electron chi connectivity index (χ4n) is 3.17. The summed E-state index contributed by atoms with van der Waals surface area (Å²) in [5.41, 5.74) is 3.15. The second-order valence-corrected chi connectivity index (χ2v) is 6.68. The zero-order valence-corrected chi connectivity index (χ0v) is 14.6. The summed E-state index contributed by atoms with van der Waals surface area (Å²) in [6, 6.07) is 7.86. The Morgan fingerprint density at radius 1 is 1.32 bits per heavy atom. The first-order valence-corrected chi connectivity index (χ1v) is 8.43. The second kappa shape index (κ2) is 6.01. The molecule has 4 rings (SSSR count). The Bertz CT molecular complexity index is 872. The van der Waals surface area contributed by atoms with Gasteiger partial charge in [-0.1, -0.05) is 6.07 Å². The molecule has 0 atom stereocenters. The molecule has 0 spiro atoms. The van der Waals surface area contributed by atoms with E-state index in [1.54, 1.807) is 12.3 Å². The van der Waals surface area contributed by atoms with Crippen LogP contribution in [0.1, 0.15) is 41.0 Å². The molecule has 5 nitrogen and oxygen atoms in total. The van der Waals surface area contributed by atoms with Crippen molar-refractivity contribution in [2.45, 2.75) is 33.4 Å². The van der Waals surface area contributed by atoms with Crippen LogP contribution >= 0.6 is 0 Å². The molecule has 25 heavy (non-hydrogen) atoms. The van der Waals surface area contributed by atoms with Gasteiger partial charge >= 0.3 is 0 Å². The summed E-state index contributed by atoms with van der Waals surface area (Å²) in [4.78, 5) is 19.3. The third-order valence-electron chi connectivity index (χ3n) is 4.65. The van der Waals surface area contributed by atoms with Crippen molar-refractivity contribution in [1.29, 1.82) is 0 Å². The first kappa shape index (κ1) is 15.8. The smallest absolute Gasteiger partial charge is 0.232 e. The predicted octanol–water partition coefficient (Wildman–Crippen LogP) is 3.57. The maximum absolute atomic E-state index is 12.8. The maximum Gasteiger partial charge on any atom is 0.232 e. The largest absolute Gasteiger partial charge is 0.478 e. The van der Waals surface area contributed by atoms with Crippen molar-refractivity contribution >= 4 is 11.9 Å². The van der Waals surface area contributed by atoms with E-state index in [0.29, 0.717) is 42.1 Å². The molecule has 0 saturated heterocycles. The van der Waals surface area contributed by atoms with E-state index in [2.05, 4.69) is 23.7 Å². The Labute approximate surface area is 146 Å². The Hall–Kier alpha value is -2.66. The number of pyridine rings is 1. The number of Topliss-reactive ketones (excluding diaryl/α,β-unsaturated/α-hetero) is 1. The molecule has 2 aromatic rings. The topological polar surface area (TPSA) is 51.7 Å². The van der Waals surface area contributed by atoms with Crippen LogP contribution in [0.4, 0.5) is 0 Å². The summed E-state index contributed by atoms with van der Waals surface area (Å²) >= 11 is 0. The van der Waals surface area contributed by atoms with Crippen molar-refractivity contribution in [2.24, 2.45) is 0 Å². The Morgan fingerprint density at radius 3 is 2.88 bits per heavy atom. The van der Waals surface area contributed by atoms with Crippen LogP contribution < -0.4 is 9.47 Å². The number of benzene rings is 1. The molecule has 0 bridgehead atoms. The number of allylic oxidation sites excluding steroid dienone is 1. The van der Waals surface area contributed by atoms with Crippen LogP contribution in [0, 0.1) is 6.92 Å². The number of ketones is 1. The maximum atomic E-state index is 12.8. The molecule has 0 radical (unpaired) electrons. The molecular weight excluding hydrogens is 316 g/mol. The molecule has 0 aliphatic carbocycles. The van der Waals surface area contributed by atoms with Crippen LogP contribution in [0.5, 0.6) is 11.5 Å². The molecule has 2 aliphatic rings. The highest BCUT2D eigenvalue weighted by Crippen LogP contribution is 2.44. The summed E-state index contributed by atoms with van der Waals surface area (Å²) < 4.78 is 11.9. The summed E-state index contributed by atoms with van der Waals surface area (Å²) in [6.45, 7) is 7.43. The molecule has 1 aromatic heterocycles. The van der Waals surface area contributed by atoms with Gasteiger partial charge in [0.15, 0.2) is 5.76 Å². The average Bonchev–Trinajstić information content (AvgIpc) is 2.93. The Morgan fingerprint density at radius 2 is 2.16 bits per heavy atom. The van der Waals surface area contributed by atoms with Gasteiger partial charge in [0.05, 0.1) is 16.8 Å². The monoisotopic (exact) mass is 336 g/mol. The van der Waals surface area contributed by atoms with E-state index in [9.17, 15) is 4.79 Å². The fraction of sp³-hybridized carbons (Fsp3) is 0.300. The summed E-state index contributed by atoms with van der Waals surface area (Å²) in [5, 5.41) is 0. The summed E-state index contributed by atoms with van der Waals surface area (Å²) in [5.74, 6) is 1.65. The molecule has 0 saturated carbocycles. The number of fused-ring (bicyclic) bond motifs is 3. The number of hydrogen-bond acceptors (Lipinski definition) is 5. The number of nitrogens with zero attached hydrogens (tertiary/aromatic N) is 2. The zero-order chi connectivity index (χ0) is 17.6. The van der Waals surface area contributed by atoms with E-state index >= 15 is 0 Å². The van der Waals surface area contributed by atoms with Crippen LogP contribution in [-0.4, -0.2) is 28.4 Å². The number of rotatable bonds is 2. The van der Waals surface area contributed by atoms with Crippen molar-refractivity contribution in [3.8, 4) is 11.5 Å². The van der Waals surface area contributed by atoms with Gasteiger partial charge in [-0.2, -0.15) is 0 Å². The number of ether oxygens (including phenoxy) is 2. The van der Waals surface area contributed by atoms with E-state index in [-0.39, 0.29) is 5.78 Å². The highest BCUT2D eigenvalue weighted by atomic mass is 16.5. The van der Waals surface area contributed by atoms with Gasteiger partial charge in [0.25, 0.3) is 0 Å². The zero-order valence-electron chi connectivity index (χ0n) is 14.6. The molecule has 128 valence electrons. The quantitative estimate of drug-likeness (QED) is 0.785. The Kier molecular flexibility index (Phi) is 3.81. The van der Waals surface area contributed by atoms with Crippen LogP contribution in [-0.2, 0) is 6.54 Å². The lowest BCUT2D eigenvalue weighted by Gasteiger charge is -2.32. The standard InChI is InChI=1S/C20H20N2O3/c1-12(2)22-10-15-16(24-11-22)8-13(3)18-19(23)17(25-20(15)18)9-14-6-4-5-7-21-14/h4-9,12H,10-11H2,1-3H3/b17-9-. The lowest BCUT2D eigenvalue weighted by Crippen LogP contribution is -2.37. The third-order valence-corrected chi connectivity index (χ3v) is 4.65. The second-order valence-electron chi connectivity index (χ2n) is 6.68. The highest BCUT2D eigenvalue weighted by molar-refractivity contribution is 6.15. The van der Waals surface area contributed by atoms with Crippen molar-refractivity contribution in [3.05, 3.63) is 58.6 Å². The van der Waals surface area contributed by atoms with Gasteiger partial charge in [0, 0.05) is 24.9 Å². The minimum Gasteiger partial charge on any atom is -0.478 e. The first-order chi connectivity index (χ1) is 12.0. The van der Waals surface area contributed by atoms with Crippen molar-refractivity contribution in [3.63, 3.8) is 0 Å². The molecule has 0 amide bonds. The summed E-state index contributed by atoms with van der Waals surface area (Å²) in [6.07, 6.45) is 3.39. The molecular formula is C20H20N2O3. The van der Waals surface area contributed by atoms with E-state index < -0.39 is 0 Å². The van der Waals surface area contributed by atoms with E-state index in [4.69, 9.17) is 9.47 Å². The minimum atomic E-state index is -0.0948. The van der Waals surface area contributed by atoms with Crippen LogP contribution in [0.2, 0.25) is 0 Å². The van der Waals surface area contributed by atoms with Gasteiger partial charge in [-0.15, -0.1) is 0 Å². The molecule has 3 heterocycles. The number of carbonyl (C=O) groups is 1. The van der Waals surface area contributed by atoms with Crippen LogP contribution in [0.25, 0.3) is 6.08 Å². The predicted molar refractivity (Wildman–Crippen MR) is 94.5 cm³/mol. The van der Waals surface area contributed by atoms with Crippen LogP contribution in [0.3, 0.4) is 0 Å². The average molecular weight is 336 g/mol. The van der Waals surface area contributed by atoms with E-state index in [0.717, 1.165) is 16.9 Å². The van der Waals surface area contributed by atoms with Gasteiger partial charge < -0.3 is 9.47 Å². The van der Waals surface area contributed by atoms with E-state index in [1.807, 2.05) is 31.2 Å². The lowest BCUT2D eigenvalue weighted by molar-refractivity contribution is 0.0673. The van der Waals surface area contributed by atoms with Crippen molar-refractivity contribution < 1.29 is 14.3 Å².